The van der Waals surface area contributed by atoms with Crippen LogP contribution < -0.4 is 5.73 Å². The number of nitrogens with two attached hydrogens (primary N) is 1. The smallest absolute Gasteiger partial charge is 0.181 e. The van der Waals surface area contributed by atoms with E-state index in [4.69, 9.17) is 17.3 Å². The first-order valence-electron chi connectivity index (χ1n) is 7.14. The molecule has 0 spiro atoms. The minimum atomic E-state index is 0.679. The SMILES string of the molecule is Cc1ccc(-c2n[nH]c(CCc3ccc(Cl)cc3)n2)cc1N. The number of hydrogen-bond acceptors (Lipinski definition) is 3. The summed E-state index contributed by atoms with van der Waals surface area (Å²) >= 11 is 5.89. The van der Waals surface area contributed by atoms with Gasteiger partial charge in [0.1, 0.15) is 5.82 Å². The molecule has 5 heteroatoms. The molecule has 2 aromatic carbocycles. The van der Waals surface area contributed by atoms with Crippen LogP contribution in [0.1, 0.15) is 17.0 Å². The van der Waals surface area contributed by atoms with Crippen molar-refractivity contribution in [2.45, 2.75) is 19.8 Å². The van der Waals surface area contributed by atoms with E-state index in [9.17, 15) is 0 Å². The molecule has 1 aromatic heterocycles. The normalized spacial score (nSPS) is 10.8. The fourth-order valence-corrected chi connectivity index (χ4v) is 2.36. The second-order valence-electron chi connectivity index (χ2n) is 5.30. The molecule has 0 aliphatic rings. The first kappa shape index (κ1) is 14.6. The van der Waals surface area contributed by atoms with Crippen molar-refractivity contribution in [3.8, 4) is 11.4 Å². The Labute approximate surface area is 134 Å². The molecule has 4 nitrogen and oxygen atoms in total. The molecule has 1 heterocycles. The Kier molecular flexibility index (Phi) is 4.11. The monoisotopic (exact) mass is 312 g/mol. The Hall–Kier alpha value is -2.33. The number of nitrogens with zero attached hydrogens (tertiary/aromatic N) is 2. The standard InChI is InChI=1S/C17H17ClN4/c1-11-2-6-13(10-15(11)19)17-20-16(21-22-17)9-5-12-3-7-14(18)8-4-12/h2-4,6-8,10H,5,9,19H2,1H3,(H,20,21,22). The topological polar surface area (TPSA) is 67.6 Å². The largest absolute Gasteiger partial charge is 0.398 e. The van der Waals surface area contributed by atoms with Crippen molar-refractivity contribution in [2.75, 3.05) is 5.73 Å². The molecule has 0 atom stereocenters. The molecular formula is C17H17ClN4. The summed E-state index contributed by atoms with van der Waals surface area (Å²) in [6.07, 6.45) is 1.69. The van der Waals surface area contributed by atoms with Gasteiger partial charge in [-0.2, -0.15) is 5.10 Å². The van der Waals surface area contributed by atoms with Gasteiger partial charge in [0.15, 0.2) is 5.82 Å². The van der Waals surface area contributed by atoms with E-state index in [1.54, 1.807) is 0 Å². The molecule has 0 aliphatic heterocycles. The molecular weight excluding hydrogens is 296 g/mol. The highest BCUT2D eigenvalue weighted by Crippen LogP contribution is 2.21. The zero-order valence-corrected chi connectivity index (χ0v) is 13.1. The van der Waals surface area contributed by atoms with Crippen molar-refractivity contribution >= 4 is 17.3 Å². The Morgan fingerprint density at radius 1 is 1.09 bits per heavy atom. The Morgan fingerprint density at radius 3 is 2.59 bits per heavy atom. The van der Waals surface area contributed by atoms with Gasteiger partial charge in [0.05, 0.1) is 0 Å². The quantitative estimate of drug-likeness (QED) is 0.720. The van der Waals surface area contributed by atoms with Gasteiger partial charge >= 0.3 is 0 Å². The van der Waals surface area contributed by atoms with Crippen LogP contribution in [0.2, 0.25) is 5.02 Å². The summed E-state index contributed by atoms with van der Waals surface area (Å²) < 4.78 is 0. The van der Waals surface area contributed by atoms with E-state index >= 15 is 0 Å². The van der Waals surface area contributed by atoms with Crippen molar-refractivity contribution < 1.29 is 0 Å². The lowest BCUT2D eigenvalue weighted by atomic mass is 10.1. The number of nitrogens with one attached hydrogen (secondary N) is 1. The first-order chi connectivity index (χ1) is 10.6. The number of aromatic amines is 1. The molecule has 0 amide bonds. The van der Waals surface area contributed by atoms with Gasteiger partial charge in [0, 0.05) is 22.7 Å². The highest BCUT2D eigenvalue weighted by molar-refractivity contribution is 6.30. The van der Waals surface area contributed by atoms with Gasteiger partial charge in [-0.25, -0.2) is 4.98 Å². The number of hydrogen-bond donors (Lipinski definition) is 2. The molecule has 0 aliphatic carbocycles. The third kappa shape index (κ3) is 3.28. The van der Waals surface area contributed by atoms with Gasteiger partial charge in [0.25, 0.3) is 0 Å². The molecule has 22 heavy (non-hydrogen) atoms. The lowest BCUT2D eigenvalue weighted by Crippen LogP contribution is -1.93. The molecule has 0 radical (unpaired) electrons. The van der Waals surface area contributed by atoms with Gasteiger partial charge in [-0.05, 0) is 42.7 Å². The minimum Gasteiger partial charge on any atom is -0.398 e. The summed E-state index contributed by atoms with van der Waals surface area (Å²) in [5.74, 6) is 1.54. The molecule has 0 saturated carbocycles. The van der Waals surface area contributed by atoms with Crippen LogP contribution in [0.25, 0.3) is 11.4 Å². The molecule has 112 valence electrons. The maximum Gasteiger partial charge on any atom is 0.181 e. The van der Waals surface area contributed by atoms with Crippen molar-refractivity contribution in [2.24, 2.45) is 0 Å². The van der Waals surface area contributed by atoms with E-state index in [2.05, 4.69) is 15.2 Å². The van der Waals surface area contributed by atoms with Crippen molar-refractivity contribution in [3.05, 3.63) is 64.4 Å². The average molecular weight is 313 g/mol. The minimum absolute atomic E-state index is 0.679. The van der Waals surface area contributed by atoms with Crippen LogP contribution in [0.4, 0.5) is 5.69 Å². The van der Waals surface area contributed by atoms with Gasteiger partial charge in [-0.1, -0.05) is 35.9 Å². The van der Waals surface area contributed by atoms with E-state index in [-0.39, 0.29) is 0 Å². The molecule has 0 fully saturated rings. The molecule has 3 aromatic rings. The van der Waals surface area contributed by atoms with Crippen molar-refractivity contribution in [3.63, 3.8) is 0 Å². The van der Waals surface area contributed by atoms with Gasteiger partial charge in [0.2, 0.25) is 0 Å². The van der Waals surface area contributed by atoms with Crippen LogP contribution in [0.15, 0.2) is 42.5 Å². The first-order valence-corrected chi connectivity index (χ1v) is 7.52. The highest BCUT2D eigenvalue weighted by atomic mass is 35.5. The summed E-state index contributed by atoms with van der Waals surface area (Å²) in [5.41, 5.74) is 9.90. The van der Waals surface area contributed by atoms with E-state index in [1.165, 1.54) is 5.56 Å². The number of rotatable bonds is 4. The molecule has 3 N–H and O–H groups in total. The maximum atomic E-state index is 5.94. The zero-order valence-electron chi connectivity index (χ0n) is 12.3. The predicted octanol–water partition coefficient (Wildman–Crippen LogP) is 3.80. The maximum absolute atomic E-state index is 5.94. The Morgan fingerprint density at radius 2 is 1.86 bits per heavy atom. The number of anilines is 1. The van der Waals surface area contributed by atoms with Crippen LogP contribution in [0.3, 0.4) is 0 Å². The van der Waals surface area contributed by atoms with E-state index in [0.717, 1.165) is 40.5 Å². The number of benzene rings is 2. The van der Waals surface area contributed by atoms with Gasteiger partial charge in [-0.15, -0.1) is 0 Å². The number of H-pyrrole nitrogens is 1. The summed E-state index contributed by atoms with van der Waals surface area (Å²) in [4.78, 5) is 4.54. The number of nitrogen functional groups attached to an aromatic ring is 1. The van der Waals surface area contributed by atoms with Crippen LogP contribution >= 0.6 is 11.6 Å². The third-order valence-electron chi connectivity index (χ3n) is 3.63. The molecule has 3 rings (SSSR count). The summed E-state index contributed by atoms with van der Waals surface area (Å²) in [7, 11) is 0. The third-order valence-corrected chi connectivity index (χ3v) is 3.88. The van der Waals surface area contributed by atoms with Crippen LogP contribution in [-0.4, -0.2) is 15.2 Å². The van der Waals surface area contributed by atoms with Crippen molar-refractivity contribution in [1.82, 2.24) is 15.2 Å². The van der Waals surface area contributed by atoms with E-state index in [1.807, 2.05) is 49.4 Å². The fraction of sp³-hybridized carbons (Fsp3) is 0.176. The lowest BCUT2D eigenvalue weighted by molar-refractivity contribution is 0.865. The second-order valence-corrected chi connectivity index (χ2v) is 5.74. The summed E-state index contributed by atoms with van der Waals surface area (Å²) in [6, 6.07) is 13.7. The average Bonchev–Trinajstić information content (AvgIpc) is 2.98. The van der Waals surface area contributed by atoms with E-state index < -0.39 is 0 Å². The number of aryl methyl sites for hydroxylation is 3. The summed E-state index contributed by atoms with van der Waals surface area (Å²) in [5, 5.41) is 8.02. The van der Waals surface area contributed by atoms with Gasteiger partial charge in [-0.3, -0.25) is 5.10 Å². The molecule has 0 saturated heterocycles. The molecule has 0 unspecified atom stereocenters. The van der Waals surface area contributed by atoms with Crippen LogP contribution in [0, 0.1) is 6.92 Å². The fourth-order valence-electron chi connectivity index (χ4n) is 2.23. The Bertz CT molecular complexity index is 778. The number of aromatic nitrogens is 3. The molecule has 0 bridgehead atoms. The van der Waals surface area contributed by atoms with E-state index in [0.29, 0.717) is 5.82 Å². The lowest BCUT2D eigenvalue weighted by Gasteiger charge is -2.01. The van der Waals surface area contributed by atoms with Gasteiger partial charge < -0.3 is 5.73 Å². The second kappa shape index (κ2) is 6.20. The number of halogens is 1. The Balaban J connectivity index is 1.70. The zero-order chi connectivity index (χ0) is 15.5. The highest BCUT2D eigenvalue weighted by Gasteiger charge is 2.07. The van der Waals surface area contributed by atoms with Crippen LogP contribution in [0.5, 0.6) is 0 Å². The van der Waals surface area contributed by atoms with Crippen molar-refractivity contribution in [1.29, 1.82) is 0 Å². The predicted molar refractivity (Wildman–Crippen MR) is 89.8 cm³/mol. The summed E-state index contributed by atoms with van der Waals surface area (Å²) in [6.45, 7) is 1.98. The van der Waals surface area contributed by atoms with Crippen LogP contribution in [-0.2, 0) is 12.8 Å².